The van der Waals surface area contributed by atoms with E-state index in [0.29, 0.717) is 24.9 Å². The van der Waals surface area contributed by atoms with E-state index in [4.69, 9.17) is 15.2 Å². The maximum atomic E-state index is 5.97. The van der Waals surface area contributed by atoms with Gasteiger partial charge in [-0.15, -0.1) is 0 Å². The van der Waals surface area contributed by atoms with Crippen LogP contribution in [0.25, 0.3) is 0 Å². The van der Waals surface area contributed by atoms with Gasteiger partial charge in [-0.1, -0.05) is 12.1 Å². The van der Waals surface area contributed by atoms with Crippen LogP contribution in [0.5, 0.6) is 11.5 Å². The molecule has 0 amide bonds. The van der Waals surface area contributed by atoms with Crippen molar-refractivity contribution in [2.24, 2.45) is 10.7 Å². The molecule has 5 heteroatoms. The molecule has 0 aliphatic rings. The zero-order valence-electron chi connectivity index (χ0n) is 14.7. The molecule has 0 saturated carbocycles. The van der Waals surface area contributed by atoms with E-state index in [-0.39, 0.29) is 0 Å². The van der Waals surface area contributed by atoms with Crippen LogP contribution < -0.4 is 20.5 Å². The lowest BCUT2D eigenvalue weighted by Crippen LogP contribution is -2.22. The molecule has 0 bridgehead atoms. The third-order valence-electron chi connectivity index (χ3n) is 3.74. The predicted octanol–water partition coefficient (Wildman–Crippen LogP) is 3.64. The van der Waals surface area contributed by atoms with Crippen LogP contribution in [-0.4, -0.2) is 19.7 Å². The second-order valence-corrected chi connectivity index (χ2v) is 5.54. The van der Waals surface area contributed by atoms with E-state index in [9.17, 15) is 0 Å². The van der Waals surface area contributed by atoms with Gasteiger partial charge in [-0.2, -0.15) is 0 Å². The Hall–Kier alpha value is -2.69. The number of benzene rings is 2. The van der Waals surface area contributed by atoms with Gasteiger partial charge in [0.25, 0.3) is 0 Å². The van der Waals surface area contributed by atoms with Crippen LogP contribution in [0.2, 0.25) is 0 Å². The summed E-state index contributed by atoms with van der Waals surface area (Å²) in [7, 11) is 1.63. The van der Waals surface area contributed by atoms with Crippen LogP contribution in [0.4, 0.5) is 5.69 Å². The van der Waals surface area contributed by atoms with Crippen LogP contribution in [0.1, 0.15) is 23.6 Å². The topological polar surface area (TPSA) is 68.9 Å². The highest BCUT2D eigenvalue weighted by molar-refractivity contribution is 5.92. The van der Waals surface area contributed by atoms with Gasteiger partial charge in [-0.05, 0) is 61.7 Å². The number of methoxy groups -OCH3 is 1. The number of hydrogen-bond acceptors (Lipinski definition) is 3. The summed E-state index contributed by atoms with van der Waals surface area (Å²) in [4.78, 5) is 4.38. The molecule has 0 fully saturated rings. The van der Waals surface area contributed by atoms with Gasteiger partial charge < -0.3 is 20.5 Å². The number of nitrogens with two attached hydrogens (primary N) is 1. The largest absolute Gasteiger partial charge is 0.493 e. The van der Waals surface area contributed by atoms with Crippen molar-refractivity contribution in [3.05, 3.63) is 53.1 Å². The lowest BCUT2D eigenvalue weighted by Gasteiger charge is -2.11. The van der Waals surface area contributed by atoms with E-state index in [1.165, 1.54) is 11.1 Å². The molecule has 0 heterocycles. The molecular weight excluding hydrogens is 302 g/mol. The molecule has 24 heavy (non-hydrogen) atoms. The molecule has 0 saturated heterocycles. The molecule has 128 valence electrons. The number of hydrogen-bond donors (Lipinski definition) is 2. The third kappa shape index (κ3) is 4.65. The number of ether oxygens (including phenoxy) is 2. The maximum Gasteiger partial charge on any atom is 0.193 e. The van der Waals surface area contributed by atoms with Gasteiger partial charge >= 0.3 is 0 Å². The Morgan fingerprint density at radius 1 is 1.08 bits per heavy atom. The highest BCUT2D eigenvalue weighted by Crippen LogP contribution is 2.28. The number of guanidine groups is 1. The molecule has 0 spiro atoms. The monoisotopic (exact) mass is 327 g/mol. The standard InChI is InChI=1S/C19H25N3O2/c1-5-24-17-9-7-15(11-18(17)23-4)12-21-19(20)22-16-8-6-13(2)14(3)10-16/h6-11H,5,12H2,1-4H3,(H3,20,21,22). The first kappa shape index (κ1) is 17.7. The second-order valence-electron chi connectivity index (χ2n) is 5.54. The molecular formula is C19H25N3O2. The van der Waals surface area contributed by atoms with Gasteiger partial charge in [0.2, 0.25) is 0 Å². The van der Waals surface area contributed by atoms with E-state index in [2.05, 4.69) is 36.3 Å². The van der Waals surface area contributed by atoms with Crippen molar-refractivity contribution >= 4 is 11.6 Å². The summed E-state index contributed by atoms with van der Waals surface area (Å²) >= 11 is 0. The van der Waals surface area contributed by atoms with Crippen molar-refractivity contribution in [2.75, 3.05) is 19.0 Å². The zero-order chi connectivity index (χ0) is 17.5. The Kier molecular flexibility index (Phi) is 6.07. The van der Waals surface area contributed by atoms with Gasteiger partial charge in [0, 0.05) is 5.69 Å². The molecule has 0 radical (unpaired) electrons. The van der Waals surface area contributed by atoms with Crippen LogP contribution >= 0.6 is 0 Å². The van der Waals surface area contributed by atoms with Crippen LogP contribution in [0.15, 0.2) is 41.4 Å². The number of aliphatic imine (C=N–C) groups is 1. The Balaban J connectivity index is 2.04. The average Bonchev–Trinajstić information content (AvgIpc) is 2.57. The fraction of sp³-hybridized carbons (Fsp3) is 0.316. The molecule has 2 aromatic carbocycles. The summed E-state index contributed by atoms with van der Waals surface area (Å²) in [6.45, 7) is 7.15. The molecule has 2 aromatic rings. The normalized spacial score (nSPS) is 11.2. The fourth-order valence-corrected chi connectivity index (χ4v) is 2.27. The van der Waals surface area contributed by atoms with Crippen molar-refractivity contribution in [1.82, 2.24) is 0 Å². The lowest BCUT2D eigenvalue weighted by atomic mass is 10.1. The Morgan fingerprint density at radius 2 is 1.88 bits per heavy atom. The first-order valence-electron chi connectivity index (χ1n) is 7.97. The molecule has 0 aromatic heterocycles. The number of nitrogens with zero attached hydrogens (tertiary/aromatic N) is 1. The number of aryl methyl sites for hydroxylation is 2. The summed E-state index contributed by atoms with van der Waals surface area (Å²) in [5, 5.41) is 3.11. The fourth-order valence-electron chi connectivity index (χ4n) is 2.27. The van der Waals surface area contributed by atoms with Gasteiger partial charge in [0.15, 0.2) is 17.5 Å². The van der Waals surface area contributed by atoms with E-state index in [1.54, 1.807) is 7.11 Å². The first-order valence-corrected chi connectivity index (χ1v) is 7.97. The first-order chi connectivity index (χ1) is 11.5. The summed E-state index contributed by atoms with van der Waals surface area (Å²) in [5.41, 5.74) is 10.4. The summed E-state index contributed by atoms with van der Waals surface area (Å²) < 4.78 is 10.9. The van der Waals surface area contributed by atoms with Crippen LogP contribution in [0.3, 0.4) is 0 Å². The zero-order valence-corrected chi connectivity index (χ0v) is 14.7. The van der Waals surface area contributed by atoms with Gasteiger partial charge in [0.05, 0.1) is 20.3 Å². The highest BCUT2D eigenvalue weighted by Gasteiger charge is 2.05. The number of anilines is 1. The quantitative estimate of drug-likeness (QED) is 0.628. The van der Waals surface area contributed by atoms with Crippen molar-refractivity contribution in [3.8, 4) is 11.5 Å². The molecule has 0 aliphatic heterocycles. The van der Waals surface area contributed by atoms with E-state index < -0.39 is 0 Å². The highest BCUT2D eigenvalue weighted by atomic mass is 16.5. The second kappa shape index (κ2) is 8.24. The summed E-state index contributed by atoms with van der Waals surface area (Å²) in [6, 6.07) is 11.9. The Morgan fingerprint density at radius 3 is 2.54 bits per heavy atom. The molecule has 5 nitrogen and oxygen atoms in total. The minimum atomic E-state index is 0.381. The van der Waals surface area contributed by atoms with E-state index in [1.807, 2.05) is 31.2 Å². The van der Waals surface area contributed by atoms with Crippen molar-refractivity contribution < 1.29 is 9.47 Å². The molecule has 3 N–H and O–H groups in total. The van der Waals surface area contributed by atoms with Crippen molar-refractivity contribution in [3.63, 3.8) is 0 Å². The number of rotatable bonds is 6. The molecule has 0 atom stereocenters. The van der Waals surface area contributed by atoms with Crippen LogP contribution in [0, 0.1) is 13.8 Å². The van der Waals surface area contributed by atoms with Gasteiger partial charge in [0.1, 0.15) is 0 Å². The maximum absolute atomic E-state index is 5.97. The molecule has 2 rings (SSSR count). The van der Waals surface area contributed by atoms with Crippen molar-refractivity contribution in [2.45, 2.75) is 27.3 Å². The van der Waals surface area contributed by atoms with E-state index >= 15 is 0 Å². The lowest BCUT2D eigenvalue weighted by molar-refractivity contribution is 0.310. The summed E-state index contributed by atoms with van der Waals surface area (Å²) in [6.07, 6.45) is 0. The predicted molar refractivity (Wildman–Crippen MR) is 99.0 cm³/mol. The minimum absolute atomic E-state index is 0.381. The Labute approximate surface area is 143 Å². The van der Waals surface area contributed by atoms with Gasteiger partial charge in [-0.25, -0.2) is 4.99 Å². The van der Waals surface area contributed by atoms with E-state index in [0.717, 1.165) is 17.0 Å². The third-order valence-corrected chi connectivity index (χ3v) is 3.74. The van der Waals surface area contributed by atoms with Crippen molar-refractivity contribution in [1.29, 1.82) is 0 Å². The minimum Gasteiger partial charge on any atom is -0.493 e. The number of nitrogens with one attached hydrogen (secondary N) is 1. The molecule has 0 aliphatic carbocycles. The van der Waals surface area contributed by atoms with Gasteiger partial charge in [-0.3, -0.25) is 0 Å². The summed E-state index contributed by atoms with van der Waals surface area (Å²) in [5.74, 6) is 1.81. The Bertz CT molecular complexity index is 727. The molecule has 0 unspecified atom stereocenters. The SMILES string of the molecule is CCOc1ccc(CN=C(N)Nc2ccc(C)c(C)c2)cc1OC. The van der Waals surface area contributed by atoms with Crippen LogP contribution in [-0.2, 0) is 6.54 Å². The smallest absolute Gasteiger partial charge is 0.193 e. The average molecular weight is 327 g/mol.